The van der Waals surface area contributed by atoms with Crippen LogP contribution in [0.3, 0.4) is 0 Å². The molecular formula is C25H26N2O3. The largest absolute Gasteiger partial charge is 0.324 e. The third-order valence-corrected chi connectivity index (χ3v) is 7.13. The summed E-state index contributed by atoms with van der Waals surface area (Å²) >= 11 is 0. The monoisotopic (exact) mass is 402 g/mol. The highest BCUT2D eigenvalue weighted by atomic mass is 16.2. The average molecular weight is 402 g/mol. The first-order chi connectivity index (χ1) is 14.5. The Balaban J connectivity index is 1.46. The number of carbonyl (C=O) groups excluding carboxylic acids is 3. The van der Waals surface area contributed by atoms with E-state index < -0.39 is 6.04 Å². The number of rotatable bonds is 5. The van der Waals surface area contributed by atoms with Gasteiger partial charge in [-0.3, -0.25) is 19.3 Å². The molecule has 1 N–H and O–H groups in total. The molecule has 3 amide bonds. The van der Waals surface area contributed by atoms with Crippen LogP contribution in [-0.2, 0) is 20.8 Å². The van der Waals surface area contributed by atoms with Crippen molar-refractivity contribution in [2.45, 2.75) is 38.6 Å². The summed E-state index contributed by atoms with van der Waals surface area (Å²) in [5.41, 5.74) is 2.65. The Morgan fingerprint density at radius 3 is 2.30 bits per heavy atom. The van der Waals surface area contributed by atoms with E-state index in [1.54, 1.807) is 0 Å². The van der Waals surface area contributed by atoms with Gasteiger partial charge in [0.05, 0.1) is 11.8 Å². The third-order valence-electron chi connectivity index (χ3n) is 7.13. The number of amides is 3. The van der Waals surface area contributed by atoms with E-state index in [1.807, 2.05) is 61.5 Å². The molecule has 1 saturated heterocycles. The number of hydrogen-bond acceptors (Lipinski definition) is 3. The Bertz CT molecular complexity index is 974. The third kappa shape index (κ3) is 3.13. The van der Waals surface area contributed by atoms with Gasteiger partial charge in [-0.15, -0.1) is 0 Å². The molecule has 5 heteroatoms. The van der Waals surface area contributed by atoms with Gasteiger partial charge in [0.2, 0.25) is 17.7 Å². The maximum Gasteiger partial charge on any atom is 0.248 e. The van der Waals surface area contributed by atoms with Crippen molar-refractivity contribution in [1.82, 2.24) is 4.90 Å². The maximum absolute atomic E-state index is 13.4. The lowest BCUT2D eigenvalue weighted by molar-refractivity contribution is -0.147. The minimum Gasteiger partial charge on any atom is -0.324 e. The maximum atomic E-state index is 13.4. The van der Waals surface area contributed by atoms with Gasteiger partial charge in [-0.1, -0.05) is 42.5 Å². The van der Waals surface area contributed by atoms with Gasteiger partial charge in [0, 0.05) is 12.1 Å². The predicted octanol–water partition coefficient (Wildman–Crippen LogP) is 3.58. The molecule has 1 aliphatic heterocycles. The van der Waals surface area contributed by atoms with Gasteiger partial charge in [-0.05, 0) is 61.3 Å². The van der Waals surface area contributed by atoms with Gasteiger partial charge >= 0.3 is 0 Å². The van der Waals surface area contributed by atoms with Crippen LogP contribution < -0.4 is 5.32 Å². The second-order valence-electron chi connectivity index (χ2n) is 9.00. The zero-order valence-corrected chi connectivity index (χ0v) is 17.1. The van der Waals surface area contributed by atoms with E-state index in [2.05, 4.69) is 5.32 Å². The number of carbonyl (C=O) groups is 3. The van der Waals surface area contributed by atoms with E-state index in [-0.39, 0.29) is 29.6 Å². The molecule has 0 radical (unpaired) electrons. The summed E-state index contributed by atoms with van der Waals surface area (Å²) in [7, 11) is 0. The van der Waals surface area contributed by atoms with Crippen LogP contribution in [0.1, 0.15) is 30.4 Å². The van der Waals surface area contributed by atoms with Crippen molar-refractivity contribution in [2.75, 3.05) is 5.32 Å². The number of anilines is 1. The summed E-state index contributed by atoms with van der Waals surface area (Å²) in [6.45, 7) is 1.96. The molecule has 2 bridgehead atoms. The average Bonchev–Trinajstić information content (AvgIpc) is 3.41. The van der Waals surface area contributed by atoms with Crippen molar-refractivity contribution in [3.8, 4) is 0 Å². The van der Waals surface area contributed by atoms with Gasteiger partial charge in [0.15, 0.2) is 0 Å². The van der Waals surface area contributed by atoms with Gasteiger partial charge < -0.3 is 5.32 Å². The van der Waals surface area contributed by atoms with Gasteiger partial charge in [0.25, 0.3) is 0 Å². The number of nitrogens with one attached hydrogen (secondary N) is 1. The first kappa shape index (κ1) is 19.0. The number of fused-ring (bicyclic) bond motifs is 5. The lowest BCUT2D eigenvalue weighted by Gasteiger charge is -2.27. The highest BCUT2D eigenvalue weighted by molar-refractivity contribution is 6.10. The van der Waals surface area contributed by atoms with Crippen LogP contribution in [-0.4, -0.2) is 28.7 Å². The molecular weight excluding hydrogens is 376 g/mol. The molecule has 2 saturated carbocycles. The van der Waals surface area contributed by atoms with Crippen molar-refractivity contribution in [1.29, 1.82) is 0 Å². The molecule has 30 heavy (non-hydrogen) atoms. The molecule has 2 aromatic carbocycles. The fourth-order valence-corrected chi connectivity index (χ4v) is 5.83. The smallest absolute Gasteiger partial charge is 0.248 e. The molecule has 5 rings (SSSR count). The summed E-state index contributed by atoms with van der Waals surface area (Å²) in [5, 5.41) is 2.94. The molecule has 5 atom stereocenters. The van der Waals surface area contributed by atoms with Crippen LogP contribution in [0.2, 0.25) is 0 Å². The number of benzene rings is 2. The predicted molar refractivity (Wildman–Crippen MR) is 113 cm³/mol. The summed E-state index contributed by atoms with van der Waals surface area (Å²) in [6, 6.07) is 16.3. The van der Waals surface area contributed by atoms with Gasteiger partial charge in [-0.2, -0.15) is 0 Å². The van der Waals surface area contributed by atoms with Crippen molar-refractivity contribution < 1.29 is 14.4 Å². The van der Waals surface area contributed by atoms with Crippen LogP contribution in [0.25, 0.3) is 0 Å². The van der Waals surface area contributed by atoms with Gasteiger partial charge in [0.1, 0.15) is 6.04 Å². The molecule has 0 unspecified atom stereocenters. The van der Waals surface area contributed by atoms with E-state index in [9.17, 15) is 14.4 Å². The molecule has 2 aliphatic carbocycles. The molecule has 5 nitrogen and oxygen atoms in total. The molecule has 0 aromatic heterocycles. The first-order valence-corrected chi connectivity index (χ1v) is 10.8. The molecule has 0 spiro atoms. The van der Waals surface area contributed by atoms with Crippen LogP contribution >= 0.6 is 0 Å². The van der Waals surface area contributed by atoms with Crippen LogP contribution in [0.5, 0.6) is 0 Å². The quantitative estimate of drug-likeness (QED) is 0.778. The van der Waals surface area contributed by atoms with E-state index >= 15 is 0 Å². The standard InChI is InChI=1S/C25H26N2O3/c1-15-6-5-9-19(12-15)26-23(28)20(13-16-7-3-2-4-8-16)27-24(29)21-17-10-11-18(14-17)22(21)25(27)30/h2-9,12,17-18,20-22H,10-11,13-14H2,1H3,(H,26,28)/t17-,18+,20-,21-,22+/m0/s1. The zero-order chi connectivity index (χ0) is 20.8. The Labute approximate surface area is 176 Å². The lowest BCUT2D eigenvalue weighted by atomic mass is 9.81. The van der Waals surface area contributed by atoms with Crippen LogP contribution in [0.4, 0.5) is 5.69 Å². The van der Waals surface area contributed by atoms with Gasteiger partial charge in [-0.25, -0.2) is 0 Å². The number of imide groups is 1. The fourth-order valence-electron chi connectivity index (χ4n) is 5.83. The van der Waals surface area contributed by atoms with Crippen LogP contribution in [0, 0.1) is 30.6 Å². The number of nitrogens with zero attached hydrogens (tertiary/aromatic N) is 1. The summed E-state index contributed by atoms with van der Waals surface area (Å²) in [5.74, 6) is -0.423. The molecule has 3 fully saturated rings. The Morgan fingerprint density at radius 2 is 1.67 bits per heavy atom. The molecule has 3 aliphatic rings. The summed E-state index contributed by atoms with van der Waals surface area (Å²) < 4.78 is 0. The minimum atomic E-state index is -0.835. The van der Waals surface area contributed by atoms with E-state index in [0.29, 0.717) is 23.9 Å². The number of likely N-dealkylation sites (tertiary alicyclic amines) is 1. The van der Waals surface area contributed by atoms with E-state index in [1.165, 1.54) is 4.90 Å². The van der Waals surface area contributed by atoms with Crippen molar-refractivity contribution >= 4 is 23.4 Å². The minimum absolute atomic E-state index is 0.141. The summed E-state index contributed by atoms with van der Waals surface area (Å²) in [4.78, 5) is 41.4. The number of hydrogen-bond donors (Lipinski definition) is 1. The van der Waals surface area contributed by atoms with E-state index in [0.717, 1.165) is 30.4 Å². The van der Waals surface area contributed by atoms with Crippen LogP contribution in [0.15, 0.2) is 54.6 Å². The normalized spacial score (nSPS) is 28.0. The second kappa shape index (κ2) is 7.38. The summed E-state index contributed by atoms with van der Waals surface area (Å²) in [6.07, 6.45) is 3.36. The Kier molecular flexibility index (Phi) is 4.69. The lowest BCUT2D eigenvalue weighted by Crippen LogP contribution is -2.49. The van der Waals surface area contributed by atoms with Crippen molar-refractivity contribution in [3.05, 3.63) is 65.7 Å². The van der Waals surface area contributed by atoms with Crippen molar-refractivity contribution in [2.24, 2.45) is 23.7 Å². The SMILES string of the molecule is Cc1cccc(NC(=O)[C@H](Cc2ccccc2)N2C(=O)[C@@H]3[C@@H]4CC[C@@H](C4)[C@@H]3C2=O)c1. The first-order valence-electron chi connectivity index (χ1n) is 10.8. The molecule has 1 heterocycles. The fraction of sp³-hybridized carbons (Fsp3) is 0.400. The molecule has 154 valence electrons. The Morgan fingerprint density at radius 1 is 1.00 bits per heavy atom. The topological polar surface area (TPSA) is 66.5 Å². The Hall–Kier alpha value is -2.95. The second-order valence-corrected chi connectivity index (χ2v) is 9.00. The highest BCUT2D eigenvalue weighted by Crippen LogP contribution is 2.56. The van der Waals surface area contributed by atoms with Crippen molar-refractivity contribution in [3.63, 3.8) is 0 Å². The van der Waals surface area contributed by atoms with E-state index in [4.69, 9.17) is 0 Å². The number of aryl methyl sites for hydroxylation is 1. The highest BCUT2D eigenvalue weighted by Gasteiger charge is 2.62. The zero-order valence-electron chi connectivity index (χ0n) is 17.1. The molecule has 2 aromatic rings.